The van der Waals surface area contributed by atoms with Gasteiger partial charge in [0.15, 0.2) is 0 Å². The average molecular weight is 348 g/mol. The van der Waals surface area contributed by atoms with E-state index in [1.54, 1.807) is 0 Å². The quantitative estimate of drug-likeness (QED) is 0.577. The predicted octanol–water partition coefficient (Wildman–Crippen LogP) is 4.88. The van der Waals surface area contributed by atoms with Crippen LogP contribution in [-0.2, 0) is 0 Å². The molecule has 4 heteroatoms. The SMILES string of the molecule is CC(C)=C(N/N=C(\C)c1ccc(C)cc1)N/N=C(\C)c1ccc(C)cc1. The Bertz CT molecular complexity index is 756. The highest BCUT2D eigenvalue weighted by molar-refractivity contribution is 5.99. The van der Waals surface area contributed by atoms with Gasteiger partial charge < -0.3 is 0 Å². The minimum Gasteiger partial charge on any atom is -0.262 e. The molecule has 0 bridgehead atoms. The predicted molar refractivity (Wildman–Crippen MR) is 111 cm³/mol. The molecule has 0 heterocycles. The summed E-state index contributed by atoms with van der Waals surface area (Å²) >= 11 is 0. The van der Waals surface area contributed by atoms with Crippen molar-refractivity contribution in [2.45, 2.75) is 41.5 Å². The van der Waals surface area contributed by atoms with Crippen LogP contribution in [0.4, 0.5) is 0 Å². The Hall–Kier alpha value is -2.88. The van der Waals surface area contributed by atoms with Crippen molar-refractivity contribution in [3.63, 3.8) is 0 Å². The number of hydrogen-bond acceptors (Lipinski definition) is 4. The number of aryl methyl sites for hydroxylation is 2. The van der Waals surface area contributed by atoms with E-state index in [1.165, 1.54) is 11.1 Å². The molecule has 0 aliphatic heterocycles. The average Bonchev–Trinajstić information content (AvgIpc) is 2.62. The molecule has 26 heavy (non-hydrogen) atoms. The first-order valence-electron chi connectivity index (χ1n) is 8.79. The van der Waals surface area contributed by atoms with Crippen LogP contribution in [0.1, 0.15) is 49.9 Å². The molecule has 0 amide bonds. The lowest BCUT2D eigenvalue weighted by atomic mass is 10.1. The van der Waals surface area contributed by atoms with Gasteiger partial charge in [0.05, 0.1) is 11.4 Å². The summed E-state index contributed by atoms with van der Waals surface area (Å²) < 4.78 is 0. The molecule has 0 spiro atoms. The minimum absolute atomic E-state index is 0.780. The minimum atomic E-state index is 0.780. The second kappa shape index (κ2) is 8.99. The van der Waals surface area contributed by atoms with Crippen LogP contribution in [0.3, 0.4) is 0 Å². The summed E-state index contributed by atoms with van der Waals surface area (Å²) in [5.41, 5.74) is 13.8. The van der Waals surface area contributed by atoms with E-state index in [9.17, 15) is 0 Å². The van der Waals surface area contributed by atoms with E-state index < -0.39 is 0 Å². The lowest BCUT2D eigenvalue weighted by molar-refractivity contribution is 0.725. The van der Waals surface area contributed by atoms with Crippen LogP contribution >= 0.6 is 0 Å². The molecule has 4 nitrogen and oxygen atoms in total. The van der Waals surface area contributed by atoms with Crippen LogP contribution in [-0.4, -0.2) is 11.4 Å². The van der Waals surface area contributed by atoms with Gasteiger partial charge in [0.25, 0.3) is 0 Å². The molecule has 0 unspecified atom stereocenters. The van der Waals surface area contributed by atoms with Crippen molar-refractivity contribution in [2.24, 2.45) is 10.2 Å². The Kier molecular flexibility index (Phi) is 6.73. The van der Waals surface area contributed by atoms with Gasteiger partial charge in [-0.05, 0) is 58.2 Å². The highest BCUT2D eigenvalue weighted by Crippen LogP contribution is 2.06. The number of hydrazone groups is 2. The van der Waals surface area contributed by atoms with Crippen LogP contribution in [0.2, 0.25) is 0 Å². The van der Waals surface area contributed by atoms with Crippen molar-refractivity contribution in [1.82, 2.24) is 10.9 Å². The number of nitrogens with zero attached hydrogens (tertiary/aromatic N) is 2. The summed E-state index contributed by atoms with van der Waals surface area (Å²) in [5, 5.41) is 8.97. The molecule has 0 fully saturated rings. The second-order valence-corrected chi connectivity index (χ2v) is 6.73. The Morgan fingerprint density at radius 2 is 0.962 bits per heavy atom. The van der Waals surface area contributed by atoms with Crippen molar-refractivity contribution in [3.8, 4) is 0 Å². The van der Waals surface area contributed by atoms with Crippen molar-refractivity contribution in [2.75, 3.05) is 0 Å². The molecule has 0 atom stereocenters. The molecule has 0 aromatic heterocycles. The fourth-order valence-corrected chi connectivity index (χ4v) is 2.25. The third kappa shape index (κ3) is 5.59. The van der Waals surface area contributed by atoms with E-state index in [0.29, 0.717) is 0 Å². The maximum absolute atomic E-state index is 4.48. The highest BCUT2D eigenvalue weighted by Gasteiger charge is 2.01. The summed E-state index contributed by atoms with van der Waals surface area (Å²) in [4.78, 5) is 0. The highest BCUT2D eigenvalue weighted by atomic mass is 15.4. The van der Waals surface area contributed by atoms with E-state index in [-0.39, 0.29) is 0 Å². The van der Waals surface area contributed by atoms with Gasteiger partial charge in [-0.1, -0.05) is 59.7 Å². The first-order chi connectivity index (χ1) is 12.4. The maximum atomic E-state index is 4.48. The molecule has 2 N–H and O–H groups in total. The van der Waals surface area contributed by atoms with E-state index in [0.717, 1.165) is 33.9 Å². The number of benzene rings is 2. The zero-order chi connectivity index (χ0) is 19.1. The lowest BCUT2D eigenvalue weighted by Gasteiger charge is -2.11. The Balaban J connectivity index is 2.08. The van der Waals surface area contributed by atoms with Gasteiger partial charge >= 0.3 is 0 Å². The third-order valence-corrected chi connectivity index (χ3v) is 4.11. The molecular weight excluding hydrogens is 320 g/mol. The molecular formula is C22H28N4. The Morgan fingerprint density at radius 3 is 1.27 bits per heavy atom. The topological polar surface area (TPSA) is 48.8 Å². The van der Waals surface area contributed by atoms with Gasteiger partial charge in [0.1, 0.15) is 5.82 Å². The summed E-state index contributed by atoms with van der Waals surface area (Å²) in [6, 6.07) is 16.6. The number of nitrogens with one attached hydrogen (secondary N) is 2. The van der Waals surface area contributed by atoms with Crippen LogP contribution in [0.5, 0.6) is 0 Å². The maximum Gasteiger partial charge on any atom is 0.138 e. The Labute approximate surface area is 156 Å². The Morgan fingerprint density at radius 1 is 0.615 bits per heavy atom. The molecule has 0 saturated heterocycles. The molecule has 2 aromatic rings. The molecule has 2 rings (SSSR count). The number of allylic oxidation sites excluding steroid dienone is 1. The zero-order valence-electron chi connectivity index (χ0n) is 16.5. The standard InChI is InChI=1S/C22H28N4/c1-15(2)22(25-23-18(5)20-11-7-16(3)8-12-20)26-24-19(6)21-13-9-17(4)10-14-21/h7-14,25-26H,1-6H3/b23-18+,24-19+. The molecule has 0 saturated carbocycles. The fraction of sp³-hybridized carbons (Fsp3) is 0.273. The van der Waals surface area contributed by atoms with E-state index in [2.05, 4.69) is 83.4 Å². The molecule has 2 aromatic carbocycles. The zero-order valence-corrected chi connectivity index (χ0v) is 16.5. The fourth-order valence-electron chi connectivity index (χ4n) is 2.25. The van der Waals surface area contributed by atoms with Gasteiger partial charge in [0.2, 0.25) is 0 Å². The van der Waals surface area contributed by atoms with Crippen molar-refractivity contribution in [3.05, 3.63) is 82.2 Å². The molecule has 136 valence electrons. The number of hydrogen-bond donors (Lipinski definition) is 2. The second-order valence-electron chi connectivity index (χ2n) is 6.73. The first kappa shape index (κ1) is 19.4. The molecule has 0 aliphatic rings. The van der Waals surface area contributed by atoms with Gasteiger partial charge in [-0.15, -0.1) is 0 Å². The normalized spacial score (nSPS) is 11.9. The van der Waals surface area contributed by atoms with Crippen LogP contribution in [0.15, 0.2) is 70.1 Å². The van der Waals surface area contributed by atoms with Gasteiger partial charge in [-0.2, -0.15) is 10.2 Å². The summed E-state index contributed by atoms with van der Waals surface area (Å²) in [6.07, 6.45) is 0. The number of rotatable bonds is 6. The van der Waals surface area contributed by atoms with E-state index in [4.69, 9.17) is 0 Å². The van der Waals surface area contributed by atoms with Gasteiger partial charge in [-0.25, -0.2) is 0 Å². The summed E-state index contributed by atoms with van der Waals surface area (Å²) in [6.45, 7) is 12.2. The van der Waals surface area contributed by atoms with Crippen molar-refractivity contribution in [1.29, 1.82) is 0 Å². The lowest BCUT2D eigenvalue weighted by Crippen LogP contribution is -2.22. The van der Waals surface area contributed by atoms with Crippen molar-refractivity contribution >= 4 is 11.4 Å². The third-order valence-electron chi connectivity index (χ3n) is 4.11. The van der Waals surface area contributed by atoms with Gasteiger partial charge in [0, 0.05) is 0 Å². The first-order valence-corrected chi connectivity index (χ1v) is 8.79. The van der Waals surface area contributed by atoms with E-state index >= 15 is 0 Å². The smallest absolute Gasteiger partial charge is 0.138 e. The van der Waals surface area contributed by atoms with Crippen LogP contribution in [0, 0.1) is 13.8 Å². The van der Waals surface area contributed by atoms with Crippen LogP contribution < -0.4 is 10.9 Å². The molecule has 0 aliphatic carbocycles. The summed E-state index contributed by atoms with van der Waals surface area (Å²) in [7, 11) is 0. The largest absolute Gasteiger partial charge is 0.262 e. The van der Waals surface area contributed by atoms with Crippen molar-refractivity contribution < 1.29 is 0 Å². The summed E-state index contributed by atoms with van der Waals surface area (Å²) in [5.74, 6) is 0.780. The van der Waals surface area contributed by atoms with Gasteiger partial charge in [-0.3, -0.25) is 10.9 Å². The molecule has 0 radical (unpaired) electrons. The van der Waals surface area contributed by atoms with E-state index in [1.807, 2.05) is 27.7 Å². The van der Waals surface area contributed by atoms with Crippen LogP contribution in [0.25, 0.3) is 0 Å². The monoisotopic (exact) mass is 348 g/mol.